The highest BCUT2D eigenvalue weighted by Gasteiger charge is 2.20. The fourth-order valence-corrected chi connectivity index (χ4v) is 2.20. The van der Waals surface area contributed by atoms with Crippen molar-refractivity contribution in [3.63, 3.8) is 0 Å². The van der Waals surface area contributed by atoms with E-state index >= 15 is 0 Å². The lowest BCUT2D eigenvalue weighted by Crippen LogP contribution is -2.45. The first kappa shape index (κ1) is 14.5. The van der Waals surface area contributed by atoms with Gasteiger partial charge in [0.2, 0.25) is 5.91 Å². The maximum atomic E-state index is 11.8. The predicted octanol–water partition coefficient (Wildman–Crippen LogP) is -0.0350. The van der Waals surface area contributed by atoms with Gasteiger partial charge in [0.15, 0.2) is 0 Å². The van der Waals surface area contributed by atoms with E-state index in [0.29, 0.717) is 31.7 Å². The summed E-state index contributed by atoms with van der Waals surface area (Å²) in [5.74, 6) is -0.259. The molecule has 0 spiro atoms. The Balaban J connectivity index is 1.96. The predicted molar refractivity (Wildman–Crippen MR) is 72.0 cm³/mol. The zero-order valence-corrected chi connectivity index (χ0v) is 11.8. The summed E-state index contributed by atoms with van der Waals surface area (Å²) in [7, 11) is 1.79. The van der Waals surface area contributed by atoms with Gasteiger partial charge in [-0.1, -0.05) is 0 Å². The molecule has 1 aromatic rings. The Morgan fingerprint density at radius 3 is 3.10 bits per heavy atom. The molecule has 1 aliphatic rings. The molecule has 2 rings (SSSR count). The van der Waals surface area contributed by atoms with Crippen molar-refractivity contribution in [2.24, 2.45) is 7.05 Å². The number of hydrogen-bond acceptors (Lipinski definition) is 5. The molecule has 110 valence electrons. The van der Waals surface area contributed by atoms with Gasteiger partial charge in [-0.15, -0.1) is 0 Å². The molecule has 1 fully saturated rings. The van der Waals surface area contributed by atoms with Crippen molar-refractivity contribution in [1.29, 1.82) is 0 Å². The van der Waals surface area contributed by atoms with E-state index in [0.717, 1.165) is 12.1 Å². The summed E-state index contributed by atoms with van der Waals surface area (Å²) >= 11 is 0. The SMILES string of the molecule is CCOC(=O)c1cnn(C)c1CNC1CCC(=O)NC1. The van der Waals surface area contributed by atoms with Gasteiger partial charge in [-0.3, -0.25) is 9.48 Å². The lowest BCUT2D eigenvalue weighted by molar-refractivity contribution is -0.122. The summed E-state index contributed by atoms with van der Waals surface area (Å²) in [5, 5.41) is 10.3. The van der Waals surface area contributed by atoms with Gasteiger partial charge in [-0.25, -0.2) is 4.79 Å². The third kappa shape index (κ3) is 3.36. The highest BCUT2D eigenvalue weighted by Crippen LogP contribution is 2.11. The maximum Gasteiger partial charge on any atom is 0.341 e. The van der Waals surface area contributed by atoms with E-state index in [2.05, 4.69) is 15.7 Å². The molecule has 2 N–H and O–H groups in total. The van der Waals surface area contributed by atoms with Crippen LogP contribution in [0.2, 0.25) is 0 Å². The van der Waals surface area contributed by atoms with Gasteiger partial charge in [0.05, 0.1) is 18.5 Å². The van der Waals surface area contributed by atoms with E-state index < -0.39 is 0 Å². The highest BCUT2D eigenvalue weighted by molar-refractivity contribution is 5.90. The summed E-state index contributed by atoms with van der Waals surface area (Å²) in [4.78, 5) is 22.9. The smallest absolute Gasteiger partial charge is 0.341 e. The number of carbonyl (C=O) groups excluding carboxylic acids is 2. The Kier molecular flexibility index (Phi) is 4.73. The van der Waals surface area contributed by atoms with Crippen molar-refractivity contribution in [2.45, 2.75) is 32.4 Å². The number of carbonyl (C=O) groups is 2. The number of nitrogens with one attached hydrogen (secondary N) is 2. The molecule has 1 amide bonds. The number of piperidine rings is 1. The first-order valence-electron chi connectivity index (χ1n) is 6.80. The normalized spacial score (nSPS) is 18.7. The summed E-state index contributed by atoms with van der Waals surface area (Å²) in [6.07, 6.45) is 2.86. The van der Waals surface area contributed by atoms with E-state index in [4.69, 9.17) is 4.74 Å². The second-order valence-corrected chi connectivity index (χ2v) is 4.77. The average molecular weight is 280 g/mol. The molecule has 20 heavy (non-hydrogen) atoms. The van der Waals surface area contributed by atoms with Crippen molar-refractivity contribution in [3.05, 3.63) is 17.5 Å². The molecule has 0 aromatic carbocycles. The third-order valence-corrected chi connectivity index (χ3v) is 3.38. The minimum atomic E-state index is -0.352. The molecule has 7 heteroatoms. The van der Waals surface area contributed by atoms with Crippen LogP contribution in [-0.2, 0) is 23.1 Å². The lowest BCUT2D eigenvalue weighted by Gasteiger charge is -2.23. The zero-order valence-electron chi connectivity index (χ0n) is 11.8. The monoisotopic (exact) mass is 280 g/mol. The van der Waals surface area contributed by atoms with Crippen LogP contribution in [0, 0.1) is 0 Å². The number of rotatable bonds is 5. The molecule has 0 saturated carbocycles. The number of aryl methyl sites for hydroxylation is 1. The van der Waals surface area contributed by atoms with Gasteiger partial charge in [-0.05, 0) is 13.3 Å². The molecule has 1 aromatic heterocycles. The topological polar surface area (TPSA) is 85.2 Å². The Bertz CT molecular complexity index is 488. The number of aromatic nitrogens is 2. The van der Waals surface area contributed by atoms with Gasteiger partial charge in [0, 0.05) is 32.6 Å². The van der Waals surface area contributed by atoms with Gasteiger partial charge in [0.25, 0.3) is 0 Å². The second kappa shape index (κ2) is 6.51. The first-order valence-corrected chi connectivity index (χ1v) is 6.80. The molecule has 0 bridgehead atoms. The van der Waals surface area contributed by atoms with Crippen LogP contribution in [0.4, 0.5) is 0 Å². The fraction of sp³-hybridized carbons (Fsp3) is 0.615. The summed E-state index contributed by atoms with van der Waals surface area (Å²) in [5.41, 5.74) is 1.28. The zero-order chi connectivity index (χ0) is 14.5. The Hall–Kier alpha value is -1.89. The third-order valence-electron chi connectivity index (χ3n) is 3.38. The van der Waals surface area contributed by atoms with E-state index in [9.17, 15) is 9.59 Å². The maximum absolute atomic E-state index is 11.8. The van der Waals surface area contributed by atoms with Crippen molar-refractivity contribution in [3.8, 4) is 0 Å². The standard InChI is InChI=1S/C13H20N4O3/c1-3-20-13(19)10-7-16-17(2)11(10)8-14-9-4-5-12(18)15-6-9/h7,9,14H,3-6,8H2,1-2H3,(H,15,18). The minimum absolute atomic E-state index is 0.0933. The van der Waals surface area contributed by atoms with Crippen LogP contribution < -0.4 is 10.6 Å². The van der Waals surface area contributed by atoms with E-state index in [-0.39, 0.29) is 17.9 Å². The fourth-order valence-electron chi connectivity index (χ4n) is 2.20. The quantitative estimate of drug-likeness (QED) is 0.740. The Labute approximate surface area is 117 Å². The van der Waals surface area contributed by atoms with Crippen LogP contribution in [0.15, 0.2) is 6.20 Å². The van der Waals surface area contributed by atoms with Crippen LogP contribution in [0.1, 0.15) is 35.8 Å². The second-order valence-electron chi connectivity index (χ2n) is 4.77. The number of esters is 1. The summed E-state index contributed by atoms with van der Waals surface area (Å²) < 4.78 is 6.68. The van der Waals surface area contributed by atoms with Crippen LogP contribution >= 0.6 is 0 Å². The number of nitrogens with zero attached hydrogens (tertiary/aromatic N) is 2. The minimum Gasteiger partial charge on any atom is -0.462 e. The molecule has 1 unspecified atom stereocenters. The van der Waals surface area contributed by atoms with Crippen molar-refractivity contribution in [2.75, 3.05) is 13.2 Å². The van der Waals surface area contributed by atoms with Crippen LogP contribution in [0.3, 0.4) is 0 Å². The van der Waals surface area contributed by atoms with Crippen LogP contribution in [0.25, 0.3) is 0 Å². The van der Waals surface area contributed by atoms with E-state index in [1.165, 1.54) is 6.20 Å². The van der Waals surface area contributed by atoms with E-state index in [1.807, 2.05) is 0 Å². The van der Waals surface area contributed by atoms with Crippen LogP contribution in [-0.4, -0.2) is 40.9 Å². The molecule has 0 aliphatic carbocycles. The molecular formula is C13H20N4O3. The largest absolute Gasteiger partial charge is 0.462 e. The van der Waals surface area contributed by atoms with Gasteiger partial charge >= 0.3 is 5.97 Å². The molecule has 0 radical (unpaired) electrons. The number of amides is 1. The molecule has 2 heterocycles. The molecular weight excluding hydrogens is 260 g/mol. The van der Waals surface area contributed by atoms with Gasteiger partial charge < -0.3 is 15.4 Å². The van der Waals surface area contributed by atoms with Gasteiger partial charge in [-0.2, -0.15) is 5.10 Å². The summed E-state index contributed by atoms with van der Waals surface area (Å²) in [6, 6.07) is 0.220. The molecule has 1 saturated heterocycles. The first-order chi connectivity index (χ1) is 9.61. The average Bonchev–Trinajstić information content (AvgIpc) is 2.80. The molecule has 7 nitrogen and oxygen atoms in total. The van der Waals surface area contributed by atoms with Crippen molar-refractivity contribution >= 4 is 11.9 Å². The van der Waals surface area contributed by atoms with Crippen molar-refractivity contribution < 1.29 is 14.3 Å². The van der Waals surface area contributed by atoms with Crippen LogP contribution in [0.5, 0.6) is 0 Å². The number of ether oxygens (including phenoxy) is 1. The van der Waals surface area contributed by atoms with E-state index in [1.54, 1.807) is 18.7 Å². The number of hydrogen-bond donors (Lipinski definition) is 2. The molecule has 1 atom stereocenters. The van der Waals surface area contributed by atoms with Crippen molar-refractivity contribution in [1.82, 2.24) is 20.4 Å². The Morgan fingerprint density at radius 1 is 1.65 bits per heavy atom. The lowest BCUT2D eigenvalue weighted by atomic mass is 10.1. The molecule has 1 aliphatic heterocycles. The summed E-state index contributed by atoms with van der Waals surface area (Å²) in [6.45, 7) is 3.25. The van der Waals surface area contributed by atoms with Gasteiger partial charge in [0.1, 0.15) is 5.56 Å². The Morgan fingerprint density at radius 2 is 2.45 bits per heavy atom. The highest BCUT2D eigenvalue weighted by atomic mass is 16.5.